The molecule has 0 saturated carbocycles. The zero-order valence-electron chi connectivity index (χ0n) is 12.8. The van der Waals surface area contributed by atoms with Crippen molar-refractivity contribution in [1.82, 2.24) is 4.98 Å². The highest BCUT2D eigenvalue weighted by Crippen LogP contribution is 2.26. The molecular weight excluding hydrogens is 288 g/mol. The van der Waals surface area contributed by atoms with Crippen molar-refractivity contribution < 1.29 is 9.53 Å². The number of anilines is 1. The van der Waals surface area contributed by atoms with Gasteiger partial charge in [0, 0.05) is 35.6 Å². The van der Waals surface area contributed by atoms with E-state index in [-0.39, 0.29) is 5.91 Å². The van der Waals surface area contributed by atoms with Gasteiger partial charge in [-0.3, -0.25) is 4.79 Å². The van der Waals surface area contributed by atoms with Crippen LogP contribution in [0.4, 0.5) is 5.69 Å². The maximum atomic E-state index is 12.2. The third-order valence-corrected chi connectivity index (χ3v) is 4.23. The van der Waals surface area contributed by atoms with Crippen LogP contribution >= 0.6 is 0 Å². The van der Waals surface area contributed by atoms with Crippen molar-refractivity contribution in [3.8, 4) is 5.75 Å². The number of aromatic amines is 1. The first-order valence-corrected chi connectivity index (χ1v) is 7.89. The van der Waals surface area contributed by atoms with Crippen molar-refractivity contribution >= 4 is 22.5 Å². The molecule has 0 unspecified atom stereocenters. The maximum absolute atomic E-state index is 12.2. The topological polar surface area (TPSA) is 54.1 Å². The Balaban J connectivity index is 1.38. The van der Waals surface area contributed by atoms with Crippen LogP contribution in [0, 0.1) is 0 Å². The first kappa shape index (κ1) is 13.9. The Morgan fingerprint density at radius 2 is 2.13 bits per heavy atom. The number of nitrogens with one attached hydrogen (secondary N) is 2. The summed E-state index contributed by atoms with van der Waals surface area (Å²) in [5, 5.41) is 4.07. The minimum Gasteiger partial charge on any atom is -0.493 e. The second-order valence-corrected chi connectivity index (χ2v) is 5.87. The molecule has 3 aromatic rings. The first-order chi connectivity index (χ1) is 11.3. The number of aryl methyl sites for hydroxylation is 1. The highest BCUT2D eigenvalue weighted by molar-refractivity contribution is 5.93. The summed E-state index contributed by atoms with van der Waals surface area (Å²) in [4.78, 5) is 15.3. The van der Waals surface area contributed by atoms with E-state index in [0.717, 1.165) is 41.8 Å². The molecule has 0 radical (unpaired) electrons. The van der Waals surface area contributed by atoms with Crippen LogP contribution in [-0.4, -0.2) is 17.5 Å². The maximum Gasteiger partial charge on any atom is 0.224 e. The summed E-state index contributed by atoms with van der Waals surface area (Å²) in [6, 6.07) is 14.1. The van der Waals surface area contributed by atoms with Crippen molar-refractivity contribution in [3.05, 3.63) is 59.8 Å². The van der Waals surface area contributed by atoms with Gasteiger partial charge in [0.05, 0.1) is 6.61 Å². The van der Waals surface area contributed by atoms with Crippen molar-refractivity contribution in [3.63, 3.8) is 0 Å². The normalized spacial score (nSPS) is 12.9. The van der Waals surface area contributed by atoms with Crippen LogP contribution in [0.15, 0.2) is 48.7 Å². The van der Waals surface area contributed by atoms with E-state index in [2.05, 4.69) is 16.4 Å². The number of carbonyl (C=O) groups is 1. The van der Waals surface area contributed by atoms with E-state index >= 15 is 0 Å². The Kier molecular flexibility index (Phi) is 3.50. The van der Waals surface area contributed by atoms with E-state index in [9.17, 15) is 4.79 Å². The van der Waals surface area contributed by atoms with Crippen molar-refractivity contribution in [2.45, 2.75) is 19.3 Å². The molecule has 23 heavy (non-hydrogen) atoms. The van der Waals surface area contributed by atoms with E-state index in [0.29, 0.717) is 6.42 Å². The number of amides is 1. The fourth-order valence-electron chi connectivity index (χ4n) is 3.01. The lowest BCUT2D eigenvalue weighted by atomic mass is 10.0. The molecule has 4 rings (SSSR count). The third-order valence-electron chi connectivity index (χ3n) is 4.23. The fraction of sp³-hybridized carbons (Fsp3) is 0.211. The zero-order valence-corrected chi connectivity index (χ0v) is 12.8. The standard InChI is InChI=1S/C19H18N2O2/c22-19(21-16-3-4-17-14(12-16)7-9-20-17)6-2-13-1-5-18-15(11-13)8-10-23-18/h1,3-5,7,9,11-12,20H,2,6,8,10H2,(H,21,22). The van der Waals surface area contributed by atoms with Gasteiger partial charge < -0.3 is 15.0 Å². The number of ether oxygens (including phenoxy) is 1. The molecule has 1 amide bonds. The largest absolute Gasteiger partial charge is 0.493 e. The lowest BCUT2D eigenvalue weighted by Gasteiger charge is -2.07. The van der Waals surface area contributed by atoms with E-state index in [4.69, 9.17) is 4.74 Å². The summed E-state index contributed by atoms with van der Waals surface area (Å²) in [7, 11) is 0. The summed E-state index contributed by atoms with van der Waals surface area (Å²) in [5.41, 5.74) is 4.35. The molecule has 0 atom stereocenters. The van der Waals surface area contributed by atoms with Gasteiger partial charge in [-0.1, -0.05) is 12.1 Å². The molecule has 2 heterocycles. The van der Waals surface area contributed by atoms with Crippen LogP contribution in [-0.2, 0) is 17.6 Å². The number of rotatable bonds is 4. The molecule has 1 aromatic heterocycles. The molecule has 4 heteroatoms. The molecule has 1 aliphatic rings. The summed E-state index contributed by atoms with van der Waals surface area (Å²) in [5.74, 6) is 1.02. The van der Waals surface area contributed by atoms with Gasteiger partial charge in [0.15, 0.2) is 0 Å². The number of hydrogen-bond acceptors (Lipinski definition) is 2. The quantitative estimate of drug-likeness (QED) is 0.772. The average molecular weight is 306 g/mol. The highest BCUT2D eigenvalue weighted by atomic mass is 16.5. The van der Waals surface area contributed by atoms with Crippen molar-refractivity contribution in [2.24, 2.45) is 0 Å². The first-order valence-electron chi connectivity index (χ1n) is 7.89. The summed E-state index contributed by atoms with van der Waals surface area (Å²) < 4.78 is 5.50. The van der Waals surface area contributed by atoms with Crippen LogP contribution in [0.5, 0.6) is 5.75 Å². The van der Waals surface area contributed by atoms with Gasteiger partial charge >= 0.3 is 0 Å². The van der Waals surface area contributed by atoms with E-state index in [1.807, 2.05) is 42.6 Å². The van der Waals surface area contributed by atoms with Gasteiger partial charge in [0.25, 0.3) is 0 Å². The van der Waals surface area contributed by atoms with Gasteiger partial charge in [-0.25, -0.2) is 0 Å². The van der Waals surface area contributed by atoms with Crippen LogP contribution in [0.1, 0.15) is 17.5 Å². The Morgan fingerprint density at radius 3 is 3.09 bits per heavy atom. The predicted octanol–water partition coefficient (Wildman–Crippen LogP) is 3.67. The van der Waals surface area contributed by atoms with Crippen LogP contribution < -0.4 is 10.1 Å². The Bertz CT molecular complexity index is 867. The molecule has 0 spiro atoms. The van der Waals surface area contributed by atoms with Crippen molar-refractivity contribution in [2.75, 3.05) is 11.9 Å². The highest BCUT2D eigenvalue weighted by Gasteiger charge is 2.12. The lowest BCUT2D eigenvalue weighted by Crippen LogP contribution is -2.12. The molecule has 1 aliphatic heterocycles. The predicted molar refractivity (Wildman–Crippen MR) is 90.9 cm³/mol. The molecule has 116 valence electrons. The molecule has 2 aromatic carbocycles. The van der Waals surface area contributed by atoms with Gasteiger partial charge in [0.2, 0.25) is 5.91 Å². The minimum atomic E-state index is 0.0386. The van der Waals surface area contributed by atoms with Crippen LogP contribution in [0.25, 0.3) is 10.9 Å². The number of hydrogen-bond donors (Lipinski definition) is 2. The Hall–Kier alpha value is -2.75. The molecule has 0 aliphatic carbocycles. The number of H-pyrrole nitrogens is 1. The smallest absolute Gasteiger partial charge is 0.224 e. The molecule has 0 fully saturated rings. The SMILES string of the molecule is O=C(CCc1ccc2c(c1)CCO2)Nc1ccc2[nH]ccc2c1. The molecule has 4 nitrogen and oxygen atoms in total. The number of aromatic nitrogens is 1. The van der Waals surface area contributed by atoms with E-state index < -0.39 is 0 Å². The van der Waals surface area contributed by atoms with Gasteiger partial charge in [0.1, 0.15) is 5.75 Å². The zero-order chi connectivity index (χ0) is 15.6. The third kappa shape index (κ3) is 2.93. The number of carbonyl (C=O) groups excluding carboxylic acids is 1. The summed E-state index contributed by atoms with van der Waals surface area (Å²) >= 11 is 0. The summed E-state index contributed by atoms with van der Waals surface area (Å²) in [6.07, 6.45) is 4.08. The van der Waals surface area contributed by atoms with Gasteiger partial charge in [-0.2, -0.15) is 0 Å². The summed E-state index contributed by atoms with van der Waals surface area (Å²) in [6.45, 7) is 0.765. The Morgan fingerprint density at radius 1 is 1.17 bits per heavy atom. The number of fused-ring (bicyclic) bond motifs is 2. The van der Waals surface area contributed by atoms with E-state index in [1.54, 1.807) is 0 Å². The molecule has 0 saturated heterocycles. The Labute approximate surface area is 134 Å². The van der Waals surface area contributed by atoms with E-state index in [1.165, 1.54) is 11.1 Å². The second-order valence-electron chi connectivity index (χ2n) is 5.87. The van der Waals surface area contributed by atoms with Gasteiger partial charge in [-0.15, -0.1) is 0 Å². The van der Waals surface area contributed by atoms with Gasteiger partial charge in [-0.05, 0) is 47.9 Å². The van der Waals surface area contributed by atoms with Crippen LogP contribution in [0.2, 0.25) is 0 Å². The monoisotopic (exact) mass is 306 g/mol. The lowest BCUT2D eigenvalue weighted by molar-refractivity contribution is -0.116. The average Bonchev–Trinajstić information content (AvgIpc) is 3.20. The molecule has 2 N–H and O–H groups in total. The molecule has 0 bridgehead atoms. The number of benzene rings is 2. The molecular formula is C19H18N2O2. The minimum absolute atomic E-state index is 0.0386. The van der Waals surface area contributed by atoms with Crippen molar-refractivity contribution in [1.29, 1.82) is 0 Å². The van der Waals surface area contributed by atoms with Crippen LogP contribution in [0.3, 0.4) is 0 Å². The second kappa shape index (κ2) is 5.80. The fourth-order valence-corrected chi connectivity index (χ4v) is 3.01.